The number of hydrogen-bond donors (Lipinski definition) is 2. The van der Waals surface area contributed by atoms with Crippen molar-refractivity contribution in [3.05, 3.63) is 53.6 Å². The van der Waals surface area contributed by atoms with Crippen molar-refractivity contribution in [3.63, 3.8) is 0 Å². The Kier molecular flexibility index (Phi) is 5.35. The molecular formula is C20H21ClN8O3. The summed E-state index contributed by atoms with van der Waals surface area (Å²) < 4.78 is 2.99. The lowest BCUT2D eigenvalue weighted by molar-refractivity contribution is -0.147. The first-order valence-electron chi connectivity index (χ1n) is 10.3. The second-order valence-corrected chi connectivity index (χ2v) is 8.49. The molecule has 0 unspecified atom stereocenters. The van der Waals surface area contributed by atoms with Gasteiger partial charge in [0.15, 0.2) is 6.10 Å². The number of fused-ring (bicyclic) bond motifs is 1. The highest BCUT2D eigenvalue weighted by Gasteiger charge is 2.56. The number of hydrogen-bond acceptors (Lipinski definition) is 7. The van der Waals surface area contributed by atoms with Gasteiger partial charge in [0, 0.05) is 30.0 Å². The molecule has 4 atom stereocenters. The van der Waals surface area contributed by atoms with Gasteiger partial charge in [-0.3, -0.25) is 14.3 Å². The summed E-state index contributed by atoms with van der Waals surface area (Å²) in [4.78, 5) is 27.6. The zero-order chi connectivity index (χ0) is 22.2. The molecule has 5 rings (SSSR count). The predicted molar refractivity (Wildman–Crippen MR) is 111 cm³/mol. The Balaban J connectivity index is 1.27. The van der Waals surface area contributed by atoms with E-state index in [9.17, 15) is 14.7 Å². The molecule has 1 aliphatic heterocycles. The number of aliphatic hydroxyl groups excluding tert-OH is 1. The van der Waals surface area contributed by atoms with Gasteiger partial charge in [-0.2, -0.15) is 5.10 Å². The summed E-state index contributed by atoms with van der Waals surface area (Å²) >= 11 is 6.14. The lowest BCUT2D eigenvalue weighted by Crippen LogP contribution is -2.51. The minimum absolute atomic E-state index is 0.00785. The second-order valence-electron chi connectivity index (χ2n) is 8.05. The number of piperidine rings is 1. The number of halogens is 1. The molecule has 1 aliphatic carbocycles. The van der Waals surface area contributed by atoms with Crippen LogP contribution in [0, 0.1) is 5.92 Å². The average molecular weight is 457 g/mol. The third kappa shape index (κ3) is 3.96. The van der Waals surface area contributed by atoms with Crippen LogP contribution in [0.5, 0.6) is 0 Å². The Bertz CT molecular complexity index is 1120. The van der Waals surface area contributed by atoms with Crippen LogP contribution in [0.25, 0.3) is 5.69 Å². The Morgan fingerprint density at radius 2 is 2.19 bits per heavy atom. The van der Waals surface area contributed by atoms with E-state index in [1.165, 1.54) is 15.7 Å². The number of aliphatic hydroxyl groups is 1. The van der Waals surface area contributed by atoms with E-state index in [-0.39, 0.29) is 25.0 Å². The molecule has 1 aromatic carbocycles. The lowest BCUT2D eigenvalue weighted by Gasteiger charge is -2.29. The Morgan fingerprint density at radius 1 is 1.31 bits per heavy atom. The summed E-state index contributed by atoms with van der Waals surface area (Å²) in [6.45, 7) is 0.240. The summed E-state index contributed by atoms with van der Waals surface area (Å²) in [5, 5.41) is 29.1. The SMILES string of the molecule is O=C(NCc1cc(Cl)ccc1-n1cnnn1)[C@@H]1C[C@@H]2C[C@@H]2N1C(=O)[C@H](O)Cn1cccn1. The van der Waals surface area contributed by atoms with Gasteiger partial charge in [0.1, 0.15) is 12.4 Å². The summed E-state index contributed by atoms with van der Waals surface area (Å²) in [6, 6.07) is 6.34. The van der Waals surface area contributed by atoms with Crippen LogP contribution in [0.1, 0.15) is 18.4 Å². The summed E-state index contributed by atoms with van der Waals surface area (Å²) in [5.74, 6) is -0.406. The van der Waals surface area contributed by atoms with Gasteiger partial charge in [-0.05, 0) is 59.0 Å². The molecule has 0 spiro atoms. The maximum absolute atomic E-state index is 13.0. The molecule has 0 bridgehead atoms. The van der Waals surface area contributed by atoms with Crippen molar-refractivity contribution in [2.75, 3.05) is 0 Å². The highest BCUT2D eigenvalue weighted by atomic mass is 35.5. The van der Waals surface area contributed by atoms with Gasteiger partial charge in [-0.1, -0.05) is 11.6 Å². The van der Waals surface area contributed by atoms with Crippen molar-refractivity contribution in [1.29, 1.82) is 0 Å². The normalized spacial score (nSPS) is 22.4. The molecule has 3 heterocycles. The van der Waals surface area contributed by atoms with Gasteiger partial charge in [-0.25, -0.2) is 4.68 Å². The van der Waals surface area contributed by atoms with E-state index in [2.05, 4.69) is 25.9 Å². The van der Waals surface area contributed by atoms with Crippen LogP contribution in [0.3, 0.4) is 0 Å². The predicted octanol–water partition coefficient (Wildman–Crippen LogP) is 0.179. The third-order valence-electron chi connectivity index (χ3n) is 5.96. The van der Waals surface area contributed by atoms with E-state index in [4.69, 9.17) is 11.6 Å². The van der Waals surface area contributed by atoms with Gasteiger partial charge >= 0.3 is 0 Å². The van der Waals surface area contributed by atoms with Gasteiger partial charge in [0.05, 0.1) is 12.2 Å². The Hall–Kier alpha value is -3.31. The fourth-order valence-electron chi connectivity index (χ4n) is 4.33. The molecule has 1 saturated heterocycles. The van der Waals surface area contributed by atoms with Crippen LogP contribution >= 0.6 is 11.6 Å². The van der Waals surface area contributed by atoms with Gasteiger partial charge < -0.3 is 15.3 Å². The molecule has 11 nitrogen and oxygen atoms in total. The highest BCUT2D eigenvalue weighted by molar-refractivity contribution is 6.30. The van der Waals surface area contributed by atoms with E-state index in [1.807, 2.05) is 0 Å². The fraction of sp³-hybridized carbons (Fsp3) is 0.400. The van der Waals surface area contributed by atoms with Gasteiger partial charge in [0.2, 0.25) is 5.91 Å². The van der Waals surface area contributed by atoms with Crippen molar-refractivity contribution in [3.8, 4) is 5.69 Å². The zero-order valence-electron chi connectivity index (χ0n) is 17.0. The molecule has 2 aliphatic rings. The number of amides is 2. The first-order valence-corrected chi connectivity index (χ1v) is 10.7. The summed E-state index contributed by atoms with van der Waals surface area (Å²) in [7, 11) is 0. The largest absolute Gasteiger partial charge is 0.381 e. The van der Waals surface area contributed by atoms with E-state index >= 15 is 0 Å². The van der Waals surface area contributed by atoms with E-state index in [0.29, 0.717) is 23.0 Å². The third-order valence-corrected chi connectivity index (χ3v) is 6.19. The number of nitrogens with one attached hydrogen (secondary N) is 1. The number of aromatic nitrogens is 6. The van der Waals surface area contributed by atoms with E-state index in [0.717, 1.165) is 12.0 Å². The molecule has 12 heteroatoms. The smallest absolute Gasteiger partial charge is 0.254 e. The fourth-order valence-corrected chi connectivity index (χ4v) is 4.53. The van der Waals surface area contributed by atoms with Gasteiger partial charge in [-0.15, -0.1) is 5.10 Å². The van der Waals surface area contributed by atoms with Crippen molar-refractivity contribution in [2.24, 2.45) is 5.92 Å². The number of benzene rings is 1. The molecule has 3 aromatic rings. The van der Waals surface area contributed by atoms with Crippen LogP contribution < -0.4 is 5.32 Å². The molecule has 32 heavy (non-hydrogen) atoms. The maximum Gasteiger partial charge on any atom is 0.254 e. The number of rotatable bonds is 7. The molecule has 2 aromatic heterocycles. The van der Waals surface area contributed by atoms with Crippen LogP contribution in [0.2, 0.25) is 5.02 Å². The number of likely N-dealkylation sites (tertiary alicyclic amines) is 1. The number of nitrogens with zero attached hydrogens (tertiary/aromatic N) is 7. The topological polar surface area (TPSA) is 131 Å². The molecule has 2 fully saturated rings. The Morgan fingerprint density at radius 3 is 2.94 bits per heavy atom. The van der Waals surface area contributed by atoms with Crippen LogP contribution in [0.15, 0.2) is 43.0 Å². The molecule has 166 valence electrons. The molecule has 0 radical (unpaired) electrons. The quantitative estimate of drug-likeness (QED) is 0.518. The molecule has 2 N–H and O–H groups in total. The minimum atomic E-state index is -1.26. The standard InChI is InChI=1S/C20H21ClN8O3/c21-14-2-3-15(28-11-23-25-26-28)13(6-14)9-22-19(31)17-8-12-7-16(12)29(17)20(32)18(30)10-27-5-1-4-24-27/h1-6,11-12,16-18,30H,7-10H2,(H,22,31)/t12-,16-,17-,18+/m0/s1. The van der Waals surface area contributed by atoms with E-state index < -0.39 is 18.1 Å². The van der Waals surface area contributed by atoms with Crippen molar-refractivity contribution in [2.45, 2.75) is 44.1 Å². The summed E-state index contributed by atoms with van der Waals surface area (Å²) in [6.07, 6.45) is 4.91. The monoisotopic (exact) mass is 456 g/mol. The van der Waals surface area contributed by atoms with E-state index in [1.54, 1.807) is 41.6 Å². The highest BCUT2D eigenvalue weighted by Crippen LogP contribution is 2.48. The van der Waals surface area contributed by atoms with Gasteiger partial charge in [0.25, 0.3) is 5.91 Å². The minimum Gasteiger partial charge on any atom is -0.381 e. The van der Waals surface area contributed by atoms with Crippen LogP contribution in [0.4, 0.5) is 0 Å². The first kappa shape index (κ1) is 20.6. The molecule has 2 amide bonds. The van der Waals surface area contributed by atoms with Crippen LogP contribution in [-0.2, 0) is 22.7 Å². The molecule has 1 saturated carbocycles. The number of carbonyl (C=O) groups is 2. The first-order chi connectivity index (χ1) is 15.5. The zero-order valence-corrected chi connectivity index (χ0v) is 17.7. The number of tetrazole rings is 1. The average Bonchev–Trinajstić information content (AvgIpc) is 3.22. The second kappa shape index (κ2) is 8.32. The van der Waals surface area contributed by atoms with Crippen molar-refractivity contribution < 1.29 is 14.7 Å². The maximum atomic E-state index is 13.0. The summed E-state index contributed by atoms with van der Waals surface area (Å²) in [5.41, 5.74) is 1.43. The lowest BCUT2D eigenvalue weighted by atomic mass is 10.1. The number of carbonyl (C=O) groups excluding carboxylic acids is 2. The Labute approximate surface area is 188 Å². The van der Waals surface area contributed by atoms with Crippen molar-refractivity contribution in [1.82, 2.24) is 40.2 Å². The van der Waals surface area contributed by atoms with Crippen LogP contribution in [-0.4, -0.2) is 70.0 Å². The molecular weight excluding hydrogens is 436 g/mol. The van der Waals surface area contributed by atoms with Crippen molar-refractivity contribution >= 4 is 23.4 Å².